The van der Waals surface area contributed by atoms with E-state index in [1.165, 1.54) is 10.5 Å². The SMILES string of the molecule is COc1cccc(NC(=S)N(C)Cc2ccc(SC)cc2)c1. The molecule has 3 nitrogen and oxygen atoms in total. The van der Waals surface area contributed by atoms with Gasteiger partial charge in [-0.2, -0.15) is 0 Å². The van der Waals surface area contributed by atoms with Crippen molar-refractivity contribution >= 4 is 34.8 Å². The number of rotatable bonds is 5. The number of methoxy groups -OCH3 is 1. The van der Waals surface area contributed by atoms with E-state index in [-0.39, 0.29) is 0 Å². The van der Waals surface area contributed by atoms with Gasteiger partial charge in [0.15, 0.2) is 5.11 Å². The molecule has 0 saturated heterocycles. The molecule has 0 aliphatic rings. The summed E-state index contributed by atoms with van der Waals surface area (Å²) in [5.41, 5.74) is 2.16. The van der Waals surface area contributed by atoms with Crippen LogP contribution in [0.25, 0.3) is 0 Å². The molecule has 0 amide bonds. The molecule has 0 spiro atoms. The number of hydrogen-bond acceptors (Lipinski definition) is 3. The number of thioether (sulfide) groups is 1. The molecule has 0 radical (unpaired) electrons. The molecule has 0 aromatic heterocycles. The molecule has 1 N–H and O–H groups in total. The van der Waals surface area contributed by atoms with Gasteiger partial charge in [-0.3, -0.25) is 0 Å². The smallest absolute Gasteiger partial charge is 0.173 e. The van der Waals surface area contributed by atoms with Gasteiger partial charge in [0.2, 0.25) is 0 Å². The molecule has 2 rings (SSSR count). The van der Waals surface area contributed by atoms with Crippen molar-refractivity contribution in [1.29, 1.82) is 0 Å². The summed E-state index contributed by atoms with van der Waals surface area (Å²) in [6.45, 7) is 0.768. The fraction of sp³-hybridized carbons (Fsp3) is 0.235. The molecule has 5 heteroatoms. The number of thiocarbonyl (C=S) groups is 1. The van der Waals surface area contributed by atoms with Crippen LogP contribution >= 0.6 is 24.0 Å². The first-order valence-electron chi connectivity index (χ1n) is 6.91. The summed E-state index contributed by atoms with van der Waals surface area (Å²) in [4.78, 5) is 3.28. The first-order valence-corrected chi connectivity index (χ1v) is 8.55. The second-order valence-electron chi connectivity index (χ2n) is 4.87. The Morgan fingerprint density at radius 3 is 2.59 bits per heavy atom. The molecular formula is C17H20N2OS2. The van der Waals surface area contributed by atoms with Crippen LogP contribution in [0.5, 0.6) is 5.75 Å². The molecule has 22 heavy (non-hydrogen) atoms. The van der Waals surface area contributed by atoms with E-state index in [1.807, 2.05) is 36.2 Å². The third-order valence-corrected chi connectivity index (χ3v) is 4.40. The fourth-order valence-electron chi connectivity index (χ4n) is 2.00. The predicted molar refractivity (Wildman–Crippen MR) is 98.9 cm³/mol. The maximum absolute atomic E-state index is 5.46. The van der Waals surface area contributed by atoms with E-state index in [9.17, 15) is 0 Å². The van der Waals surface area contributed by atoms with Gasteiger partial charge in [-0.05, 0) is 48.3 Å². The third-order valence-electron chi connectivity index (χ3n) is 3.25. The first kappa shape index (κ1) is 16.6. The lowest BCUT2D eigenvalue weighted by molar-refractivity contribution is 0.415. The highest BCUT2D eigenvalue weighted by Gasteiger charge is 2.06. The lowest BCUT2D eigenvalue weighted by atomic mass is 10.2. The van der Waals surface area contributed by atoms with Gasteiger partial charge in [-0.25, -0.2) is 0 Å². The van der Waals surface area contributed by atoms with Gasteiger partial charge in [0.05, 0.1) is 7.11 Å². The maximum atomic E-state index is 5.46. The highest BCUT2D eigenvalue weighted by atomic mass is 32.2. The van der Waals surface area contributed by atoms with Crippen LogP contribution in [0.15, 0.2) is 53.4 Å². The highest BCUT2D eigenvalue weighted by Crippen LogP contribution is 2.18. The first-order chi connectivity index (χ1) is 10.6. The summed E-state index contributed by atoms with van der Waals surface area (Å²) >= 11 is 7.20. The minimum atomic E-state index is 0.683. The molecule has 0 aliphatic heterocycles. The zero-order chi connectivity index (χ0) is 15.9. The second kappa shape index (κ2) is 8.06. The lowest BCUT2D eigenvalue weighted by Crippen LogP contribution is -2.30. The third kappa shape index (κ3) is 4.64. The minimum absolute atomic E-state index is 0.683. The van der Waals surface area contributed by atoms with E-state index in [2.05, 4.69) is 35.8 Å². The number of anilines is 1. The van der Waals surface area contributed by atoms with Crippen LogP contribution < -0.4 is 10.1 Å². The average Bonchev–Trinajstić information content (AvgIpc) is 2.55. The summed E-state index contributed by atoms with van der Waals surface area (Å²) in [5, 5.41) is 3.92. The molecule has 2 aromatic carbocycles. The van der Waals surface area contributed by atoms with Crippen LogP contribution in [0.2, 0.25) is 0 Å². The molecule has 0 unspecified atom stereocenters. The molecule has 0 saturated carbocycles. The van der Waals surface area contributed by atoms with Crippen molar-refractivity contribution in [2.75, 3.05) is 25.7 Å². The van der Waals surface area contributed by atoms with Gasteiger partial charge in [0.25, 0.3) is 0 Å². The second-order valence-corrected chi connectivity index (χ2v) is 6.13. The minimum Gasteiger partial charge on any atom is -0.497 e. The molecule has 0 atom stereocenters. The van der Waals surface area contributed by atoms with E-state index >= 15 is 0 Å². The van der Waals surface area contributed by atoms with Crippen LogP contribution in [-0.4, -0.2) is 30.4 Å². The van der Waals surface area contributed by atoms with Crippen LogP contribution in [0.1, 0.15) is 5.56 Å². The van der Waals surface area contributed by atoms with Gasteiger partial charge >= 0.3 is 0 Å². The number of nitrogens with one attached hydrogen (secondary N) is 1. The Hall–Kier alpha value is -1.72. The van der Waals surface area contributed by atoms with Crippen LogP contribution in [0.4, 0.5) is 5.69 Å². The Morgan fingerprint density at radius 1 is 1.23 bits per heavy atom. The zero-order valence-corrected chi connectivity index (χ0v) is 14.6. The summed E-state index contributed by atoms with van der Waals surface area (Å²) in [6, 6.07) is 16.3. The Balaban J connectivity index is 1.96. The Morgan fingerprint density at radius 2 is 1.95 bits per heavy atom. The lowest BCUT2D eigenvalue weighted by Gasteiger charge is -2.21. The predicted octanol–water partition coefficient (Wildman–Crippen LogP) is 4.25. The monoisotopic (exact) mass is 332 g/mol. The van der Waals surface area contributed by atoms with E-state index in [0.29, 0.717) is 5.11 Å². The van der Waals surface area contributed by atoms with Crippen molar-refractivity contribution in [1.82, 2.24) is 4.90 Å². The Labute approximate surface area is 141 Å². The normalized spacial score (nSPS) is 10.1. The van der Waals surface area contributed by atoms with Crippen molar-refractivity contribution in [2.45, 2.75) is 11.4 Å². The average molecular weight is 332 g/mol. The molecular weight excluding hydrogens is 312 g/mol. The summed E-state index contributed by atoms with van der Waals surface area (Å²) in [7, 11) is 3.64. The van der Waals surface area contributed by atoms with Crippen molar-refractivity contribution in [3.8, 4) is 5.75 Å². The van der Waals surface area contributed by atoms with Crippen molar-refractivity contribution in [3.63, 3.8) is 0 Å². The topological polar surface area (TPSA) is 24.5 Å². The Kier molecular flexibility index (Phi) is 6.10. The van der Waals surface area contributed by atoms with Crippen LogP contribution in [0.3, 0.4) is 0 Å². The number of ether oxygens (including phenoxy) is 1. The molecule has 2 aromatic rings. The van der Waals surface area contributed by atoms with Gasteiger partial charge in [-0.15, -0.1) is 11.8 Å². The summed E-state index contributed by atoms with van der Waals surface area (Å²) in [5.74, 6) is 0.808. The molecule has 116 valence electrons. The van der Waals surface area contributed by atoms with Gasteiger partial charge < -0.3 is 15.0 Å². The van der Waals surface area contributed by atoms with Crippen molar-refractivity contribution in [2.24, 2.45) is 0 Å². The van der Waals surface area contributed by atoms with Crippen molar-refractivity contribution in [3.05, 3.63) is 54.1 Å². The molecule has 0 bridgehead atoms. The molecule has 0 aliphatic carbocycles. The van der Waals surface area contributed by atoms with Crippen LogP contribution in [0, 0.1) is 0 Å². The van der Waals surface area contributed by atoms with E-state index in [0.717, 1.165) is 18.0 Å². The zero-order valence-electron chi connectivity index (χ0n) is 13.0. The standard InChI is InChI=1S/C17H20N2OS2/c1-19(12-13-7-9-16(22-3)10-8-13)17(21)18-14-5-4-6-15(11-14)20-2/h4-11H,12H2,1-3H3,(H,18,21). The summed E-state index contributed by atoms with van der Waals surface area (Å²) in [6.07, 6.45) is 2.08. The highest BCUT2D eigenvalue weighted by molar-refractivity contribution is 7.98. The summed E-state index contributed by atoms with van der Waals surface area (Å²) < 4.78 is 5.22. The van der Waals surface area contributed by atoms with Crippen LogP contribution in [-0.2, 0) is 6.54 Å². The number of nitrogens with zero attached hydrogens (tertiary/aromatic N) is 1. The number of benzene rings is 2. The van der Waals surface area contributed by atoms with E-state index in [1.54, 1.807) is 18.9 Å². The fourth-order valence-corrected chi connectivity index (χ4v) is 2.59. The molecule has 0 fully saturated rings. The largest absolute Gasteiger partial charge is 0.497 e. The Bertz CT molecular complexity index is 629. The van der Waals surface area contributed by atoms with Gasteiger partial charge in [-0.1, -0.05) is 18.2 Å². The maximum Gasteiger partial charge on any atom is 0.173 e. The van der Waals surface area contributed by atoms with E-state index in [4.69, 9.17) is 17.0 Å². The van der Waals surface area contributed by atoms with E-state index < -0.39 is 0 Å². The number of hydrogen-bond donors (Lipinski definition) is 1. The van der Waals surface area contributed by atoms with Gasteiger partial charge in [0, 0.05) is 30.2 Å². The quantitative estimate of drug-likeness (QED) is 0.652. The molecule has 0 heterocycles. The van der Waals surface area contributed by atoms with Crippen molar-refractivity contribution < 1.29 is 4.74 Å². The van der Waals surface area contributed by atoms with Gasteiger partial charge in [0.1, 0.15) is 5.75 Å².